The second-order valence-corrected chi connectivity index (χ2v) is 12.2. The van der Waals surface area contributed by atoms with Gasteiger partial charge in [0.05, 0.1) is 0 Å². The molecular weight excluding hydrogens is 307 g/mol. The van der Waals surface area contributed by atoms with Crippen LogP contribution in [-0.2, 0) is 11.8 Å². The lowest BCUT2D eigenvalue weighted by Gasteiger charge is -2.38. The number of nitrogens with zero attached hydrogens (tertiary/aromatic N) is 4. The van der Waals surface area contributed by atoms with Crippen molar-refractivity contribution >= 4 is 34.6 Å². The molecule has 3 rings (SSSR count). The molecule has 0 amide bonds. The van der Waals surface area contributed by atoms with Crippen molar-refractivity contribution in [2.75, 3.05) is 25.9 Å². The summed E-state index contributed by atoms with van der Waals surface area (Å²) in [5, 5.41) is 9.61. The Bertz CT molecular complexity index is 557. The van der Waals surface area contributed by atoms with Crippen LogP contribution in [0.3, 0.4) is 0 Å². The summed E-state index contributed by atoms with van der Waals surface area (Å²) in [6, 6.07) is 2.41. The fourth-order valence-electron chi connectivity index (χ4n) is 3.13. The highest BCUT2D eigenvalue weighted by Gasteiger charge is 2.39. The van der Waals surface area contributed by atoms with Crippen molar-refractivity contribution in [3.05, 3.63) is 11.3 Å². The Morgan fingerprint density at radius 1 is 1.25 bits per heavy atom. The minimum atomic E-state index is -1.95. The Morgan fingerprint density at radius 2 is 2.00 bits per heavy atom. The van der Waals surface area contributed by atoms with Crippen molar-refractivity contribution in [2.24, 2.45) is 4.76 Å². The van der Waals surface area contributed by atoms with Gasteiger partial charge in [-0.2, -0.15) is 5.26 Å². The topological polar surface area (TPSA) is 42.6 Å². The van der Waals surface area contributed by atoms with E-state index in [9.17, 15) is 5.26 Å². The number of fused-ring (bicyclic) bond motifs is 1. The summed E-state index contributed by atoms with van der Waals surface area (Å²) in [5.74, 6) is 0.901. The van der Waals surface area contributed by atoms with Crippen LogP contribution in [0.25, 0.3) is 0 Å². The van der Waals surface area contributed by atoms with E-state index in [4.69, 9.17) is 16.6 Å². The van der Waals surface area contributed by atoms with Gasteiger partial charge in [0.1, 0.15) is 11.6 Å². The van der Waals surface area contributed by atoms with Crippen molar-refractivity contribution in [1.82, 2.24) is 9.57 Å². The summed E-state index contributed by atoms with van der Waals surface area (Å²) in [6.45, 7) is 3.00. The molecule has 0 radical (unpaired) electrons. The Kier molecular flexibility index (Phi) is 4.12. The van der Waals surface area contributed by atoms with E-state index in [-0.39, 0.29) is 0 Å². The average Bonchev–Trinajstić information content (AvgIpc) is 2.98. The minimum Gasteiger partial charge on any atom is -0.355 e. The van der Waals surface area contributed by atoms with E-state index in [0.717, 1.165) is 43.9 Å². The first-order valence-electron chi connectivity index (χ1n) is 7.12. The summed E-state index contributed by atoms with van der Waals surface area (Å²) < 4.78 is 7.19. The third kappa shape index (κ3) is 2.30. The van der Waals surface area contributed by atoms with Crippen molar-refractivity contribution in [1.29, 1.82) is 5.26 Å². The third-order valence-corrected chi connectivity index (χ3v) is 10.5. The van der Waals surface area contributed by atoms with Gasteiger partial charge in [-0.1, -0.05) is 11.4 Å². The highest BCUT2D eigenvalue weighted by atomic mass is 32.9. The van der Waals surface area contributed by atoms with Gasteiger partial charge in [0.2, 0.25) is 0 Å². The molecule has 0 spiro atoms. The quantitative estimate of drug-likeness (QED) is 0.691. The second-order valence-electron chi connectivity index (χ2n) is 5.30. The maximum Gasteiger partial charge on any atom is 0.199 e. The number of amidine groups is 1. The molecule has 0 saturated carbocycles. The van der Waals surface area contributed by atoms with Gasteiger partial charge in [-0.15, -0.1) is 0 Å². The molecular formula is C13H19N4PS2. The fourth-order valence-corrected chi connectivity index (χ4v) is 7.26. The molecule has 3 aliphatic rings. The number of hydrogen-bond donors (Lipinski definition) is 0. The predicted molar refractivity (Wildman–Crippen MR) is 89.2 cm³/mol. The zero-order valence-corrected chi connectivity index (χ0v) is 14.2. The number of hydrogen-bond acceptors (Lipinski definition) is 4. The van der Waals surface area contributed by atoms with Crippen LogP contribution in [0.15, 0.2) is 16.0 Å². The van der Waals surface area contributed by atoms with E-state index >= 15 is 0 Å². The SMILES string of the molecule is CSP1(=S)N=C(N2CCCCC2)C(C#N)=C2CCCN21. The second kappa shape index (κ2) is 5.71. The van der Waals surface area contributed by atoms with Crippen LogP contribution in [0.2, 0.25) is 0 Å². The van der Waals surface area contributed by atoms with Crippen molar-refractivity contribution < 1.29 is 0 Å². The molecule has 108 valence electrons. The van der Waals surface area contributed by atoms with Crippen molar-refractivity contribution in [3.63, 3.8) is 0 Å². The number of piperidine rings is 1. The zero-order chi connectivity index (χ0) is 14.2. The minimum absolute atomic E-state index is 0.791. The molecule has 0 N–H and O–H groups in total. The molecule has 20 heavy (non-hydrogen) atoms. The molecule has 2 fully saturated rings. The summed E-state index contributed by atoms with van der Waals surface area (Å²) in [5.41, 5.74) is 0.00726. The third-order valence-electron chi connectivity index (χ3n) is 4.14. The summed E-state index contributed by atoms with van der Waals surface area (Å²) in [7, 11) is 0. The van der Waals surface area contributed by atoms with Gasteiger partial charge < -0.3 is 9.57 Å². The molecule has 3 heterocycles. The highest BCUT2D eigenvalue weighted by Crippen LogP contribution is 2.67. The van der Waals surface area contributed by atoms with Crippen LogP contribution in [0.5, 0.6) is 0 Å². The van der Waals surface area contributed by atoms with Crippen molar-refractivity contribution in [3.8, 4) is 6.07 Å². The number of allylic oxidation sites excluding steroid dienone is 1. The molecule has 0 aliphatic carbocycles. The van der Waals surface area contributed by atoms with Gasteiger partial charge in [0, 0.05) is 25.3 Å². The first-order valence-corrected chi connectivity index (χ1v) is 11.7. The molecule has 0 bridgehead atoms. The van der Waals surface area contributed by atoms with E-state index in [0.29, 0.717) is 0 Å². The zero-order valence-electron chi connectivity index (χ0n) is 11.7. The maximum absolute atomic E-state index is 9.61. The van der Waals surface area contributed by atoms with Gasteiger partial charge in [0.25, 0.3) is 0 Å². The lowest BCUT2D eigenvalue weighted by atomic mass is 10.1. The monoisotopic (exact) mass is 326 g/mol. The highest BCUT2D eigenvalue weighted by molar-refractivity contribution is 8.69. The molecule has 1 unspecified atom stereocenters. The Balaban J connectivity index is 2.05. The molecule has 1 atom stereocenters. The summed E-state index contributed by atoms with van der Waals surface area (Å²) in [6.07, 6.45) is 7.81. The lowest BCUT2D eigenvalue weighted by Crippen LogP contribution is -2.39. The average molecular weight is 326 g/mol. The van der Waals surface area contributed by atoms with Gasteiger partial charge in [-0.05, 0) is 50.2 Å². The Hall–Kier alpha value is -0.500. The van der Waals surface area contributed by atoms with E-state index in [2.05, 4.69) is 21.9 Å². The molecule has 4 nitrogen and oxygen atoms in total. The first kappa shape index (κ1) is 14.4. The van der Waals surface area contributed by atoms with Crippen LogP contribution < -0.4 is 0 Å². The molecule has 3 aliphatic heterocycles. The predicted octanol–water partition coefficient (Wildman–Crippen LogP) is 3.35. The van der Waals surface area contributed by atoms with E-state index in [1.807, 2.05) is 0 Å². The van der Waals surface area contributed by atoms with Crippen LogP contribution in [0.4, 0.5) is 0 Å². The number of likely N-dealkylation sites (tertiary alicyclic amines) is 1. The largest absolute Gasteiger partial charge is 0.355 e. The van der Waals surface area contributed by atoms with Gasteiger partial charge in [-0.25, -0.2) is 4.76 Å². The fraction of sp³-hybridized carbons (Fsp3) is 0.692. The molecule has 2 saturated heterocycles. The molecule has 0 aromatic carbocycles. The number of nitriles is 1. The van der Waals surface area contributed by atoms with Gasteiger partial charge in [0.15, 0.2) is 11.4 Å². The van der Waals surface area contributed by atoms with Crippen LogP contribution >= 0.6 is 16.9 Å². The molecule has 7 heteroatoms. The van der Waals surface area contributed by atoms with E-state index in [1.54, 1.807) is 11.4 Å². The van der Waals surface area contributed by atoms with Gasteiger partial charge >= 0.3 is 0 Å². The van der Waals surface area contributed by atoms with Gasteiger partial charge in [-0.3, -0.25) is 0 Å². The number of rotatable bonds is 1. The Labute approximate surface area is 129 Å². The maximum atomic E-state index is 9.61. The molecule has 0 aromatic heterocycles. The summed E-state index contributed by atoms with van der Waals surface area (Å²) in [4.78, 5) is 2.29. The molecule has 0 aromatic rings. The van der Waals surface area contributed by atoms with E-state index in [1.165, 1.54) is 25.0 Å². The van der Waals surface area contributed by atoms with Crippen LogP contribution in [-0.4, -0.2) is 41.3 Å². The summed E-state index contributed by atoms with van der Waals surface area (Å²) >= 11 is 7.58. The van der Waals surface area contributed by atoms with E-state index < -0.39 is 5.54 Å². The smallest absolute Gasteiger partial charge is 0.199 e. The normalized spacial score (nSPS) is 30.1. The lowest BCUT2D eigenvalue weighted by molar-refractivity contribution is 0.342. The Morgan fingerprint density at radius 3 is 2.65 bits per heavy atom. The van der Waals surface area contributed by atoms with Crippen LogP contribution in [0.1, 0.15) is 32.1 Å². The van der Waals surface area contributed by atoms with Crippen molar-refractivity contribution in [2.45, 2.75) is 32.1 Å². The standard InChI is InChI=1S/C13H19N4PS2/c1-20-18(19)15-13(16-7-3-2-4-8-16)11(10-14)12-6-5-9-17(12)18/h2-9H2,1H3. The first-order chi connectivity index (χ1) is 9.69. The van der Waals surface area contributed by atoms with Crippen LogP contribution in [0, 0.1) is 11.3 Å².